The van der Waals surface area contributed by atoms with Crippen molar-refractivity contribution in [3.05, 3.63) is 34.9 Å². The van der Waals surface area contributed by atoms with Crippen molar-refractivity contribution in [2.75, 3.05) is 6.54 Å². The van der Waals surface area contributed by atoms with Gasteiger partial charge >= 0.3 is 0 Å². The zero-order valence-electron chi connectivity index (χ0n) is 12.0. The summed E-state index contributed by atoms with van der Waals surface area (Å²) in [5, 5.41) is 6.44. The van der Waals surface area contributed by atoms with E-state index in [1.165, 1.54) is 16.7 Å². The van der Waals surface area contributed by atoms with Crippen LogP contribution in [-0.4, -0.2) is 18.5 Å². The minimum Gasteiger partial charge on any atom is -0.353 e. The molecular formula is C16H24N2O. The average Bonchev–Trinajstić information content (AvgIpc) is 3.16. The Balaban J connectivity index is 1.62. The largest absolute Gasteiger partial charge is 0.353 e. The highest BCUT2D eigenvalue weighted by molar-refractivity contribution is 5.76. The molecule has 1 aliphatic rings. The number of benzene rings is 1. The van der Waals surface area contributed by atoms with Crippen LogP contribution < -0.4 is 10.6 Å². The van der Waals surface area contributed by atoms with Crippen molar-refractivity contribution < 1.29 is 4.79 Å². The van der Waals surface area contributed by atoms with E-state index < -0.39 is 0 Å². The van der Waals surface area contributed by atoms with Crippen molar-refractivity contribution in [2.45, 2.75) is 52.1 Å². The molecule has 0 radical (unpaired) electrons. The Morgan fingerprint density at radius 3 is 2.58 bits per heavy atom. The van der Waals surface area contributed by atoms with E-state index in [0.717, 1.165) is 32.4 Å². The first-order valence-electron chi connectivity index (χ1n) is 7.22. The summed E-state index contributed by atoms with van der Waals surface area (Å²) >= 11 is 0. The minimum atomic E-state index is 0.205. The Morgan fingerprint density at radius 2 is 1.95 bits per heavy atom. The van der Waals surface area contributed by atoms with Gasteiger partial charge < -0.3 is 10.6 Å². The molecule has 1 aromatic rings. The molecule has 2 rings (SSSR count). The number of carbonyl (C=O) groups is 1. The van der Waals surface area contributed by atoms with Crippen LogP contribution in [0.15, 0.2) is 18.2 Å². The van der Waals surface area contributed by atoms with Gasteiger partial charge in [0.15, 0.2) is 0 Å². The van der Waals surface area contributed by atoms with Crippen molar-refractivity contribution in [1.82, 2.24) is 10.6 Å². The fourth-order valence-electron chi connectivity index (χ4n) is 2.24. The third-order valence-electron chi connectivity index (χ3n) is 3.65. The van der Waals surface area contributed by atoms with Gasteiger partial charge in [-0.2, -0.15) is 0 Å². The number of amides is 1. The van der Waals surface area contributed by atoms with E-state index >= 15 is 0 Å². The molecule has 1 amide bonds. The van der Waals surface area contributed by atoms with E-state index in [1.54, 1.807) is 0 Å². The Labute approximate surface area is 115 Å². The Bertz CT molecular complexity index is 418. The molecule has 104 valence electrons. The molecule has 0 heterocycles. The van der Waals surface area contributed by atoms with Gasteiger partial charge in [-0.25, -0.2) is 0 Å². The van der Waals surface area contributed by atoms with Crippen molar-refractivity contribution in [3.8, 4) is 0 Å². The summed E-state index contributed by atoms with van der Waals surface area (Å²) in [6.07, 6.45) is 3.87. The monoisotopic (exact) mass is 260 g/mol. The lowest BCUT2D eigenvalue weighted by Gasteiger charge is -2.10. The van der Waals surface area contributed by atoms with Gasteiger partial charge in [0.25, 0.3) is 0 Å². The van der Waals surface area contributed by atoms with Crippen LogP contribution in [-0.2, 0) is 11.3 Å². The number of hydrogen-bond donors (Lipinski definition) is 2. The van der Waals surface area contributed by atoms with Gasteiger partial charge in [0.05, 0.1) is 0 Å². The lowest BCUT2D eigenvalue weighted by atomic mass is 10.0. The lowest BCUT2D eigenvalue weighted by molar-refractivity contribution is -0.121. The number of nitrogens with one attached hydrogen (secondary N) is 2. The summed E-state index contributed by atoms with van der Waals surface area (Å²) in [6, 6.07) is 6.87. The summed E-state index contributed by atoms with van der Waals surface area (Å²) < 4.78 is 0. The molecule has 0 saturated heterocycles. The average molecular weight is 260 g/mol. The molecule has 0 aliphatic heterocycles. The molecule has 0 atom stereocenters. The van der Waals surface area contributed by atoms with E-state index in [1.807, 2.05) is 0 Å². The lowest BCUT2D eigenvalue weighted by Crippen LogP contribution is -2.26. The zero-order chi connectivity index (χ0) is 13.7. The highest BCUT2D eigenvalue weighted by Crippen LogP contribution is 2.18. The van der Waals surface area contributed by atoms with Crippen LogP contribution in [0.4, 0.5) is 0 Å². The van der Waals surface area contributed by atoms with Crippen molar-refractivity contribution in [2.24, 2.45) is 0 Å². The summed E-state index contributed by atoms with van der Waals surface area (Å²) in [5.41, 5.74) is 4.04. The molecular weight excluding hydrogens is 236 g/mol. The second kappa shape index (κ2) is 6.71. The van der Waals surface area contributed by atoms with Crippen LogP contribution >= 0.6 is 0 Å². The Morgan fingerprint density at radius 1 is 1.26 bits per heavy atom. The van der Waals surface area contributed by atoms with Crippen molar-refractivity contribution in [1.29, 1.82) is 0 Å². The summed E-state index contributed by atoms with van der Waals surface area (Å²) in [4.78, 5) is 11.5. The first-order chi connectivity index (χ1) is 9.16. The first-order valence-corrected chi connectivity index (χ1v) is 7.22. The van der Waals surface area contributed by atoms with Crippen LogP contribution in [0.2, 0.25) is 0 Å². The normalized spacial score (nSPS) is 14.4. The number of aryl methyl sites for hydroxylation is 2. The molecule has 0 spiro atoms. The van der Waals surface area contributed by atoms with Gasteiger partial charge in [0.1, 0.15) is 0 Å². The topological polar surface area (TPSA) is 41.1 Å². The molecule has 3 heteroatoms. The fourth-order valence-corrected chi connectivity index (χ4v) is 2.24. The zero-order valence-corrected chi connectivity index (χ0v) is 12.0. The summed E-state index contributed by atoms with van der Waals surface area (Å²) in [7, 11) is 0. The fraction of sp³-hybridized carbons (Fsp3) is 0.562. The molecule has 2 N–H and O–H groups in total. The van der Waals surface area contributed by atoms with Crippen LogP contribution in [0.5, 0.6) is 0 Å². The quantitative estimate of drug-likeness (QED) is 0.739. The Hall–Kier alpha value is -1.35. The summed E-state index contributed by atoms with van der Waals surface area (Å²) in [6.45, 7) is 6.08. The summed E-state index contributed by atoms with van der Waals surface area (Å²) in [5.74, 6) is 0.205. The van der Waals surface area contributed by atoms with E-state index in [9.17, 15) is 4.79 Å². The van der Waals surface area contributed by atoms with E-state index in [0.29, 0.717) is 12.5 Å². The van der Waals surface area contributed by atoms with Crippen molar-refractivity contribution in [3.63, 3.8) is 0 Å². The molecule has 1 aliphatic carbocycles. The maximum absolute atomic E-state index is 11.5. The van der Waals surface area contributed by atoms with Crippen LogP contribution in [0.1, 0.15) is 42.4 Å². The highest BCUT2D eigenvalue weighted by Gasteiger charge is 2.22. The molecule has 19 heavy (non-hydrogen) atoms. The predicted molar refractivity (Wildman–Crippen MR) is 78.0 cm³/mol. The third kappa shape index (κ3) is 4.67. The van der Waals surface area contributed by atoms with Gasteiger partial charge in [-0.3, -0.25) is 4.79 Å². The van der Waals surface area contributed by atoms with Crippen LogP contribution in [0, 0.1) is 13.8 Å². The molecule has 1 fully saturated rings. The van der Waals surface area contributed by atoms with Gasteiger partial charge in [-0.1, -0.05) is 18.2 Å². The van der Waals surface area contributed by atoms with Gasteiger partial charge in [0.2, 0.25) is 5.91 Å². The SMILES string of the molecule is Cc1cccc(C)c1CNCCCC(=O)NC1CC1. The number of carbonyl (C=O) groups excluding carboxylic acids is 1. The maximum atomic E-state index is 11.5. The van der Waals surface area contributed by atoms with Crippen LogP contribution in [0.25, 0.3) is 0 Å². The molecule has 1 aromatic carbocycles. The molecule has 1 saturated carbocycles. The molecule has 0 bridgehead atoms. The predicted octanol–water partition coefficient (Wildman–Crippen LogP) is 2.45. The van der Waals surface area contributed by atoms with E-state index in [2.05, 4.69) is 42.7 Å². The number of rotatable bonds is 7. The van der Waals surface area contributed by atoms with Crippen LogP contribution in [0.3, 0.4) is 0 Å². The minimum absolute atomic E-state index is 0.205. The second-order valence-electron chi connectivity index (χ2n) is 5.49. The Kier molecular flexibility index (Phi) is 4.97. The molecule has 0 aromatic heterocycles. The van der Waals surface area contributed by atoms with E-state index in [4.69, 9.17) is 0 Å². The van der Waals surface area contributed by atoms with E-state index in [-0.39, 0.29) is 5.91 Å². The standard InChI is InChI=1S/C16H24N2O/c1-12-5-3-6-13(2)15(12)11-17-10-4-7-16(19)18-14-8-9-14/h3,5-6,14,17H,4,7-11H2,1-2H3,(H,18,19). The molecule has 3 nitrogen and oxygen atoms in total. The second-order valence-corrected chi connectivity index (χ2v) is 5.49. The molecule has 0 unspecified atom stereocenters. The number of hydrogen-bond acceptors (Lipinski definition) is 2. The van der Waals surface area contributed by atoms with Crippen molar-refractivity contribution >= 4 is 5.91 Å². The van der Waals surface area contributed by atoms with Gasteiger partial charge in [-0.05, 0) is 56.3 Å². The smallest absolute Gasteiger partial charge is 0.220 e. The van der Waals surface area contributed by atoms with Gasteiger partial charge in [-0.15, -0.1) is 0 Å². The third-order valence-corrected chi connectivity index (χ3v) is 3.65. The van der Waals surface area contributed by atoms with Gasteiger partial charge in [0, 0.05) is 19.0 Å². The first kappa shape index (κ1) is 14.1. The maximum Gasteiger partial charge on any atom is 0.220 e. The highest BCUT2D eigenvalue weighted by atomic mass is 16.1.